The van der Waals surface area contributed by atoms with E-state index in [4.69, 9.17) is 5.26 Å². The topological polar surface area (TPSA) is 80.5 Å². The SMILES string of the molecule is CN(C)CCN1C[C@@]2(CCCN(C(=O)c3ccc(C#N)nc3)C2)CCC1=O. The first kappa shape index (κ1) is 19.3. The maximum Gasteiger partial charge on any atom is 0.255 e. The number of hydrogen-bond acceptors (Lipinski definition) is 5. The zero-order valence-corrected chi connectivity index (χ0v) is 16.1. The molecule has 3 heterocycles. The van der Waals surface area contributed by atoms with Crippen molar-refractivity contribution < 1.29 is 9.59 Å². The summed E-state index contributed by atoms with van der Waals surface area (Å²) in [6, 6.07) is 5.22. The second-order valence-corrected chi connectivity index (χ2v) is 7.99. The van der Waals surface area contributed by atoms with Crippen molar-refractivity contribution in [2.45, 2.75) is 25.7 Å². The number of hydrogen-bond donors (Lipinski definition) is 0. The van der Waals surface area contributed by atoms with Crippen LogP contribution in [0.3, 0.4) is 0 Å². The van der Waals surface area contributed by atoms with E-state index in [9.17, 15) is 9.59 Å². The fourth-order valence-corrected chi connectivity index (χ4v) is 4.11. The summed E-state index contributed by atoms with van der Waals surface area (Å²) >= 11 is 0. The predicted molar refractivity (Wildman–Crippen MR) is 101 cm³/mol. The predicted octanol–water partition coefficient (Wildman–Crippen LogP) is 1.36. The smallest absolute Gasteiger partial charge is 0.255 e. The molecule has 0 radical (unpaired) electrons. The molecule has 0 saturated carbocycles. The Labute approximate surface area is 160 Å². The molecule has 0 aromatic carbocycles. The van der Waals surface area contributed by atoms with Gasteiger partial charge in [-0.05, 0) is 45.5 Å². The number of pyridine rings is 1. The molecule has 144 valence electrons. The van der Waals surface area contributed by atoms with Gasteiger partial charge in [-0.1, -0.05) is 0 Å². The highest BCUT2D eigenvalue weighted by molar-refractivity contribution is 5.94. The molecule has 3 rings (SSSR count). The Morgan fingerprint density at radius 2 is 2.15 bits per heavy atom. The minimum absolute atomic E-state index is 0.00580. The van der Waals surface area contributed by atoms with Gasteiger partial charge >= 0.3 is 0 Å². The molecular weight excluding hydrogens is 342 g/mol. The monoisotopic (exact) mass is 369 g/mol. The largest absolute Gasteiger partial charge is 0.341 e. The summed E-state index contributed by atoms with van der Waals surface area (Å²) in [5.41, 5.74) is 0.820. The van der Waals surface area contributed by atoms with Gasteiger partial charge in [-0.2, -0.15) is 5.26 Å². The lowest BCUT2D eigenvalue weighted by Crippen LogP contribution is -2.55. The molecule has 2 fully saturated rings. The maximum absolute atomic E-state index is 12.9. The van der Waals surface area contributed by atoms with Gasteiger partial charge in [0.1, 0.15) is 11.8 Å². The van der Waals surface area contributed by atoms with Crippen molar-refractivity contribution in [2.75, 3.05) is 46.8 Å². The van der Waals surface area contributed by atoms with Crippen LogP contribution in [0.15, 0.2) is 18.3 Å². The lowest BCUT2D eigenvalue weighted by Gasteiger charge is -2.48. The molecule has 7 heteroatoms. The van der Waals surface area contributed by atoms with E-state index in [1.807, 2.05) is 30.0 Å². The first-order valence-corrected chi connectivity index (χ1v) is 9.50. The summed E-state index contributed by atoms with van der Waals surface area (Å²) in [5, 5.41) is 8.86. The third-order valence-electron chi connectivity index (χ3n) is 5.64. The Morgan fingerprint density at radius 1 is 1.33 bits per heavy atom. The third-order valence-corrected chi connectivity index (χ3v) is 5.64. The van der Waals surface area contributed by atoms with E-state index in [1.165, 1.54) is 6.20 Å². The minimum Gasteiger partial charge on any atom is -0.341 e. The molecular formula is C20H27N5O2. The number of amides is 2. The van der Waals surface area contributed by atoms with Gasteiger partial charge in [0.15, 0.2) is 0 Å². The molecule has 2 aliphatic heterocycles. The Morgan fingerprint density at radius 3 is 2.81 bits per heavy atom. The average Bonchev–Trinajstić information content (AvgIpc) is 2.68. The number of carbonyl (C=O) groups excluding carboxylic acids is 2. The van der Waals surface area contributed by atoms with E-state index in [0.717, 1.165) is 45.4 Å². The number of nitrogens with zero attached hydrogens (tertiary/aromatic N) is 5. The quantitative estimate of drug-likeness (QED) is 0.800. The van der Waals surface area contributed by atoms with Crippen molar-refractivity contribution in [1.29, 1.82) is 5.26 Å². The maximum atomic E-state index is 12.9. The summed E-state index contributed by atoms with van der Waals surface area (Å²) < 4.78 is 0. The van der Waals surface area contributed by atoms with Crippen LogP contribution in [0.1, 0.15) is 41.7 Å². The number of likely N-dealkylation sites (N-methyl/N-ethyl adjacent to an activating group) is 1. The highest BCUT2D eigenvalue weighted by Crippen LogP contribution is 2.39. The third kappa shape index (κ3) is 4.45. The Balaban J connectivity index is 1.69. The zero-order chi connectivity index (χ0) is 19.4. The standard InChI is InChI=1S/C20H27N5O2/c1-23(2)10-11-24-14-20(8-6-18(24)26)7-3-9-25(15-20)19(27)16-4-5-17(12-21)22-13-16/h4-5,13H,3,6-11,14-15H2,1-2H3/t20-/m1/s1. The number of piperidine rings is 2. The second kappa shape index (κ2) is 8.05. The molecule has 1 aromatic heterocycles. The highest BCUT2D eigenvalue weighted by Gasteiger charge is 2.42. The first-order chi connectivity index (χ1) is 12.9. The molecule has 2 saturated heterocycles. The van der Waals surface area contributed by atoms with Crippen molar-refractivity contribution in [3.8, 4) is 6.07 Å². The number of aromatic nitrogens is 1. The van der Waals surface area contributed by atoms with E-state index < -0.39 is 0 Å². The van der Waals surface area contributed by atoms with Crippen LogP contribution in [-0.2, 0) is 4.79 Å². The van der Waals surface area contributed by atoms with Gasteiger partial charge in [-0.15, -0.1) is 0 Å². The van der Waals surface area contributed by atoms with Crippen molar-refractivity contribution in [1.82, 2.24) is 19.7 Å². The summed E-state index contributed by atoms with van der Waals surface area (Å²) in [6.45, 7) is 3.72. The molecule has 0 bridgehead atoms. The second-order valence-electron chi connectivity index (χ2n) is 7.99. The lowest BCUT2D eigenvalue weighted by molar-refractivity contribution is -0.139. The normalized spacial score (nSPS) is 23.0. The van der Waals surface area contributed by atoms with Crippen molar-refractivity contribution in [3.63, 3.8) is 0 Å². The summed E-state index contributed by atoms with van der Waals surface area (Å²) in [6.07, 6.45) is 4.89. The molecule has 2 amide bonds. The van der Waals surface area contributed by atoms with Gasteiger partial charge < -0.3 is 14.7 Å². The van der Waals surface area contributed by atoms with Crippen LogP contribution in [0.2, 0.25) is 0 Å². The number of rotatable bonds is 4. The van der Waals surface area contributed by atoms with Crippen LogP contribution >= 0.6 is 0 Å². The Bertz CT molecular complexity index is 740. The summed E-state index contributed by atoms with van der Waals surface area (Å²) in [7, 11) is 4.02. The molecule has 1 atom stereocenters. The number of carbonyl (C=O) groups is 2. The summed E-state index contributed by atoms with van der Waals surface area (Å²) in [4.78, 5) is 35.2. The van der Waals surface area contributed by atoms with Gasteiger partial charge in [0, 0.05) is 50.8 Å². The number of likely N-dealkylation sites (tertiary alicyclic amines) is 2. The molecule has 0 unspecified atom stereocenters. The molecule has 27 heavy (non-hydrogen) atoms. The van der Waals surface area contributed by atoms with Crippen LogP contribution < -0.4 is 0 Å². The van der Waals surface area contributed by atoms with Crippen molar-refractivity contribution in [2.24, 2.45) is 5.41 Å². The highest BCUT2D eigenvalue weighted by atomic mass is 16.2. The average molecular weight is 369 g/mol. The van der Waals surface area contributed by atoms with Crippen LogP contribution in [-0.4, -0.2) is 78.3 Å². The molecule has 0 N–H and O–H groups in total. The van der Waals surface area contributed by atoms with E-state index in [0.29, 0.717) is 24.2 Å². The van der Waals surface area contributed by atoms with Gasteiger partial charge in [0.05, 0.1) is 5.56 Å². The molecule has 7 nitrogen and oxygen atoms in total. The molecule has 1 spiro atoms. The van der Waals surface area contributed by atoms with Crippen molar-refractivity contribution in [3.05, 3.63) is 29.6 Å². The van der Waals surface area contributed by atoms with Gasteiger partial charge in [0.25, 0.3) is 5.91 Å². The van der Waals surface area contributed by atoms with E-state index >= 15 is 0 Å². The van der Waals surface area contributed by atoms with Gasteiger partial charge in [-0.3, -0.25) is 9.59 Å². The van der Waals surface area contributed by atoms with Crippen LogP contribution in [0, 0.1) is 16.7 Å². The summed E-state index contributed by atoms with van der Waals surface area (Å²) in [5.74, 6) is 0.185. The lowest BCUT2D eigenvalue weighted by atomic mass is 9.73. The van der Waals surface area contributed by atoms with Gasteiger partial charge in [-0.25, -0.2) is 4.98 Å². The molecule has 2 aliphatic rings. The van der Waals surface area contributed by atoms with E-state index in [-0.39, 0.29) is 17.2 Å². The van der Waals surface area contributed by atoms with Crippen molar-refractivity contribution >= 4 is 11.8 Å². The fourth-order valence-electron chi connectivity index (χ4n) is 4.11. The first-order valence-electron chi connectivity index (χ1n) is 9.50. The van der Waals surface area contributed by atoms with E-state index in [2.05, 4.69) is 9.88 Å². The van der Waals surface area contributed by atoms with E-state index in [1.54, 1.807) is 12.1 Å². The molecule has 1 aromatic rings. The van der Waals surface area contributed by atoms with Gasteiger partial charge in [0.2, 0.25) is 5.91 Å². The fraction of sp³-hybridized carbons (Fsp3) is 0.600. The van der Waals surface area contributed by atoms with Crippen LogP contribution in [0.4, 0.5) is 0 Å². The number of nitriles is 1. The Hall–Kier alpha value is -2.46. The van der Waals surface area contributed by atoms with Crippen LogP contribution in [0.25, 0.3) is 0 Å². The Kier molecular flexibility index (Phi) is 5.76. The molecule has 0 aliphatic carbocycles. The van der Waals surface area contributed by atoms with Crippen LogP contribution in [0.5, 0.6) is 0 Å². The zero-order valence-electron chi connectivity index (χ0n) is 16.1. The minimum atomic E-state index is -0.0391.